The molecular formula is C29H22BrNO. The lowest BCUT2D eigenvalue weighted by Crippen LogP contribution is -2.21. The highest BCUT2D eigenvalue weighted by atomic mass is 79.9. The Hall–Kier alpha value is -3.17. The smallest absolute Gasteiger partial charge is 0.232 e. The summed E-state index contributed by atoms with van der Waals surface area (Å²) in [5.74, 6) is -0.0999. The molecule has 4 aromatic carbocycles. The van der Waals surface area contributed by atoms with E-state index in [2.05, 4.69) is 101 Å². The maximum Gasteiger partial charge on any atom is 0.232 e. The van der Waals surface area contributed by atoms with E-state index in [0.29, 0.717) is 0 Å². The van der Waals surface area contributed by atoms with Crippen molar-refractivity contribution in [2.24, 2.45) is 0 Å². The maximum absolute atomic E-state index is 13.3. The Morgan fingerprint density at radius 1 is 0.875 bits per heavy atom. The van der Waals surface area contributed by atoms with Gasteiger partial charge >= 0.3 is 0 Å². The van der Waals surface area contributed by atoms with Crippen LogP contribution < -0.4 is 5.32 Å². The molecule has 0 fully saturated rings. The van der Waals surface area contributed by atoms with Gasteiger partial charge in [-0.25, -0.2) is 0 Å². The summed E-state index contributed by atoms with van der Waals surface area (Å²) in [7, 11) is 0. The molecule has 2 aliphatic rings. The van der Waals surface area contributed by atoms with E-state index in [-0.39, 0.29) is 17.7 Å². The van der Waals surface area contributed by atoms with Crippen molar-refractivity contribution >= 4 is 44.4 Å². The number of halogens is 1. The van der Waals surface area contributed by atoms with E-state index >= 15 is 0 Å². The first kappa shape index (κ1) is 19.5. The van der Waals surface area contributed by atoms with Gasteiger partial charge in [0.15, 0.2) is 0 Å². The van der Waals surface area contributed by atoms with Crippen LogP contribution in [0.4, 0.5) is 5.69 Å². The third kappa shape index (κ3) is 3.03. The number of allylic oxidation sites excluding steroid dienone is 1. The molecule has 1 aliphatic carbocycles. The lowest BCUT2D eigenvalue weighted by Gasteiger charge is -2.24. The Morgan fingerprint density at radius 2 is 1.66 bits per heavy atom. The molecule has 0 bridgehead atoms. The Kier molecular flexibility index (Phi) is 4.55. The SMILES string of the molecule is Cc1c(Br)ccc2c1C(C1C(Cc3ccc4ccccc4c3)=Cc3ccccc31)C(=O)N2. The predicted octanol–water partition coefficient (Wildman–Crippen LogP) is 7.37. The van der Waals surface area contributed by atoms with Gasteiger partial charge in [0.2, 0.25) is 5.91 Å². The quantitative estimate of drug-likeness (QED) is 0.326. The molecular weight excluding hydrogens is 458 g/mol. The zero-order chi connectivity index (χ0) is 21.8. The van der Waals surface area contributed by atoms with Crippen LogP contribution in [0.15, 0.2) is 88.9 Å². The van der Waals surface area contributed by atoms with Gasteiger partial charge in [-0.05, 0) is 64.1 Å². The van der Waals surface area contributed by atoms with Gasteiger partial charge in [0.05, 0.1) is 5.92 Å². The fourth-order valence-corrected chi connectivity index (χ4v) is 5.77. The molecule has 0 saturated heterocycles. The molecule has 6 rings (SSSR count). The molecule has 2 unspecified atom stereocenters. The van der Waals surface area contributed by atoms with E-state index in [9.17, 15) is 4.79 Å². The van der Waals surface area contributed by atoms with Crippen LogP contribution in [0.25, 0.3) is 16.8 Å². The zero-order valence-corrected chi connectivity index (χ0v) is 19.3. The summed E-state index contributed by atoms with van der Waals surface area (Å²) in [6.45, 7) is 2.10. The van der Waals surface area contributed by atoms with Crippen LogP contribution in [0.3, 0.4) is 0 Å². The van der Waals surface area contributed by atoms with Gasteiger partial charge in [-0.15, -0.1) is 0 Å². The number of hydrogen-bond acceptors (Lipinski definition) is 1. The molecule has 1 heterocycles. The van der Waals surface area contributed by atoms with Gasteiger partial charge in [0.1, 0.15) is 0 Å². The van der Waals surface area contributed by atoms with Crippen LogP contribution in [0, 0.1) is 6.92 Å². The van der Waals surface area contributed by atoms with Crippen molar-refractivity contribution in [2.45, 2.75) is 25.2 Å². The number of rotatable bonds is 3. The lowest BCUT2D eigenvalue weighted by molar-refractivity contribution is -0.117. The van der Waals surface area contributed by atoms with Crippen LogP contribution in [0.2, 0.25) is 0 Å². The zero-order valence-electron chi connectivity index (χ0n) is 17.7. The molecule has 2 atom stereocenters. The first-order chi connectivity index (χ1) is 15.6. The van der Waals surface area contributed by atoms with E-state index in [1.54, 1.807) is 0 Å². The summed E-state index contributed by atoms with van der Waals surface area (Å²) >= 11 is 3.67. The summed E-state index contributed by atoms with van der Waals surface area (Å²) < 4.78 is 1.05. The monoisotopic (exact) mass is 479 g/mol. The molecule has 1 aliphatic heterocycles. The molecule has 156 valence electrons. The first-order valence-corrected chi connectivity index (χ1v) is 11.8. The average Bonchev–Trinajstić information content (AvgIpc) is 3.32. The summed E-state index contributed by atoms with van der Waals surface area (Å²) in [5.41, 5.74) is 8.25. The summed E-state index contributed by atoms with van der Waals surface area (Å²) in [4.78, 5) is 13.3. The van der Waals surface area contributed by atoms with E-state index < -0.39 is 0 Å². The van der Waals surface area contributed by atoms with E-state index in [1.165, 1.54) is 33.0 Å². The number of anilines is 1. The Morgan fingerprint density at radius 3 is 2.53 bits per heavy atom. The van der Waals surface area contributed by atoms with Crippen molar-refractivity contribution in [3.63, 3.8) is 0 Å². The van der Waals surface area contributed by atoms with Crippen molar-refractivity contribution in [3.8, 4) is 0 Å². The van der Waals surface area contributed by atoms with Crippen LogP contribution in [-0.2, 0) is 11.2 Å². The molecule has 3 heteroatoms. The second kappa shape index (κ2) is 7.46. The fourth-order valence-electron chi connectivity index (χ4n) is 5.43. The van der Waals surface area contributed by atoms with Crippen LogP contribution in [0.5, 0.6) is 0 Å². The molecule has 0 spiro atoms. The predicted molar refractivity (Wildman–Crippen MR) is 135 cm³/mol. The minimum atomic E-state index is -0.224. The molecule has 2 nitrogen and oxygen atoms in total. The molecule has 4 aromatic rings. The third-order valence-corrected chi connectivity index (χ3v) is 7.79. The minimum Gasteiger partial charge on any atom is -0.325 e. The Bertz CT molecular complexity index is 1430. The first-order valence-electron chi connectivity index (χ1n) is 11.0. The van der Waals surface area contributed by atoms with Crippen molar-refractivity contribution < 1.29 is 4.79 Å². The standard InChI is InChI=1S/C29H22BrNO/c1-17-24(30)12-13-25-26(17)28(29(32)31-25)27-22(16-21-8-4-5-9-23(21)27)15-18-10-11-19-6-2-3-7-20(19)14-18/h2-14,16,27-28H,15H2,1H3,(H,31,32). The van der Waals surface area contributed by atoms with Gasteiger partial charge in [-0.3, -0.25) is 4.79 Å². The van der Waals surface area contributed by atoms with Crippen molar-refractivity contribution in [1.29, 1.82) is 0 Å². The second-order valence-corrected chi connectivity index (χ2v) is 9.64. The minimum absolute atomic E-state index is 0.0342. The number of amides is 1. The highest BCUT2D eigenvalue weighted by Crippen LogP contribution is 2.52. The molecule has 0 radical (unpaired) electrons. The highest BCUT2D eigenvalue weighted by molar-refractivity contribution is 9.10. The van der Waals surface area contributed by atoms with Gasteiger partial charge < -0.3 is 5.32 Å². The summed E-state index contributed by atoms with van der Waals surface area (Å²) in [5, 5.41) is 5.65. The average molecular weight is 480 g/mol. The van der Waals surface area contributed by atoms with Crippen LogP contribution in [0.1, 0.15) is 39.7 Å². The normalized spacial score (nSPS) is 18.9. The second-order valence-electron chi connectivity index (χ2n) is 8.78. The van der Waals surface area contributed by atoms with Gasteiger partial charge in [-0.1, -0.05) is 94.3 Å². The Balaban J connectivity index is 1.46. The van der Waals surface area contributed by atoms with Gasteiger partial charge in [0, 0.05) is 16.1 Å². The Labute approximate surface area is 196 Å². The number of carbonyl (C=O) groups excluding carboxylic acids is 1. The van der Waals surface area contributed by atoms with Gasteiger partial charge in [0.25, 0.3) is 0 Å². The van der Waals surface area contributed by atoms with Gasteiger partial charge in [-0.2, -0.15) is 0 Å². The number of fused-ring (bicyclic) bond motifs is 3. The van der Waals surface area contributed by atoms with E-state index in [4.69, 9.17) is 0 Å². The fraction of sp³-hybridized carbons (Fsp3) is 0.138. The van der Waals surface area contributed by atoms with Crippen LogP contribution in [-0.4, -0.2) is 5.91 Å². The van der Waals surface area contributed by atoms with Crippen molar-refractivity contribution in [2.75, 3.05) is 5.32 Å². The highest BCUT2D eigenvalue weighted by Gasteiger charge is 2.43. The summed E-state index contributed by atoms with van der Waals surface area (Å²) in [6.07, 6.45) is 3.13. The summed E-state index contributed by atoms with van der Waals surface area (Å²) in [6, 6.07) is 27.7. The molecule has 1 amide bonds. The number of nitrogens with one attached hydrogen (secondary N) is 1. The largest absolute Gasteiger partial charge is 0.325 e. The molecule has 0 aromatic heterocycles. The number of benzene rings is 4. The van der Waals surface area contributed by atoms with E-state index in [1.807, 2.05) is 12.1 Å². The van der Waals surface area contributed by atoms with Crippen molar-refractivity contribution in [3.05, 3.63) is 117 Å². The topological polar surface area (TPSA) is 29.1 Å². The van der Waals surface area contributed by atoms with E-state index in [0.717, 1.165) is 27.7 Å². The number of hydrogen-bond donors (Lipinski definition) is 1. The molecule has 1 N–H and O–H groups in total. The molecule has 32 heavy (non-hydrogen) atoms. The third-order valence-electron chi connectivity index (χ3n) is 6.93. The lowest BCUT2D eigenvalue weighted by atomic mass is 9.77. The number of carbonyl (C=O) groups is 1. The van der Waals surface area contributed by atoms with Crippen molar-refractivity contribution in [1.82, 2.24) is 0 Å². The maximum atomic E-state index is 13.3. The van der Waals surface area contributed by atoms with Crippen LogP contribution >= 0.6 is 15.9 Å². The molecule has 0 saturated carbocycles.